The van der Waals surface area contributed by atoms with E-state index in [9.17, 15) is 19.2 Å². The molecule has 0 unspecified atom stereocenters. The first kappa shape index (κ1) is 99.2. The summed E-state index contributed by atoms with van der Waals surface area (Å²) in [5, 5.41) is 0. The van der Waals surface area contributed by atoms with E-state index in [0.717, 1.165) is 25.7 Å². The second-order valence-corrected chi connectivity index (χ2v) is 28.5. The van der Waals surface area contributed by atoms with Crippen molar-refractivity contribution < 1.29 is 38.1 Å². The zero-order valence-electron chi connectivity index (χ0n) is 65.7. The predicted octanol–water partition coefficient (Wildman–Crippen LogP) is 29.5. The molecule has 0 bridgehead atoms. The molecular formula is C88H168O8. The van der Waals surface area contributed by atoms with Gasteiger partial charge >= 0.3 is 23.9 Å². The van der Waals surface area contributed by atoms with Gasteiger partial charge in [-0.25, -0.2) is 19.2 Å². The standard InChI is InChI=1S/C23H44O2.2C22H42O2.C21H40O2/c1-4-5-6-7-8-9-10-11-12-13-14-15-16-17-18-19-20-21-25-23(24)22(2)3;1-4-5-6-7-8-9-10-11-12-13-14-15-16-17-18-19-20-24-22(23)21(2)3;1-3-5-6-7-8-9-10-11-12-13-14-15-16-17-18-19-20-21-24-22(23)4-2;1-3-5-6-7-8-9-10-11-12-13-14-15-16-17-18-19-20-23-21(22)4-2/h2,4-21H2,1,3H3;2,4-20H2,1,3H3;4H,2-3,5-21H2,1H3;4H,2-3,5-20H2,1H3. The Morgan fingerprint density at radius 3 is 0.438 bits per heavy atom. The molecule has 0 rings (SSSR count). The Balaban J connectivity index is -0.000000588. The lowest BCUT2D eigenvalue weighted by Gasteiger charge is -2.05. The van der Waals surface area contributed by atoms with Crippen LogP contribution in [0.25, 0.3) is 0 Å². The van der Waals surface area contributed by atoms with E-state index >= 15 is 0 Å². The van der Waals surface area contributed by atoms with Crippen molar-refractivity contribution >= 4 is 23.9 Å². The topological polar surface area (TPSA) is 105 Å². The monoisotopic (exact) mass is 1350 g/mol. The van der Waals surface area contributed by atoms with Crippen LogP contribution in [0.15, 0.2) is 49.6 Å². The van der Waals surface area contributed by atoms with Crippen molar-refractivity contribution in [2.24, 2.45) is 0 Å². The summed E-state index contributed by atoms with van der Waals surface area (Å²) >= 11 is 0. The van der Waals surface area contributed by atoms with E-state index < -0.39 is 0 Å². The van der Waals surface area contributed by atoms with Gasteiger partial charge < -0.3 is 18.9 Å². The van der Waals surface area contributed by atoms with Gasteiger partial charge in [0.2, 0.25) is 0 Å². The van der Waals surface area contributed by atoms with Crippen molar-refractivity contribution in [2.45, 2.75) is 465 Å². The molecule has 0 aliphatic heterocycles. The van der Waals surface area contributed by atoms with E-state index in [4.69, 9.17) is 18.9 Å². The minimum Gasteiger partial charge on any atom is -0.463 e. The second kappa shape index (κ2) is 91.8. The van der Waals surface area contributed by atoms with Gasteiger partial charge in [-0.1, -0.05) is 452 Å². The highest BCUT2D eigenvalue weighted by Gasteiger charge is 2.05. The maximum atomic E-state index is 11.2. The molecule has 8 heteroatoms. The maximum absolute atomic E-state index is 11.2. The average molecular weight is 1350 g/mol. The summed E-state index contributed by atoms with van der Waals surface area (Å²) in [5.41, 5.74) is 0.985. The van der Waals surface area contributed by atoms with Gasteiger partial charge in [0.05, 0.1) is 26.4 Å². The number of esters is 4. The van der Waals surface area contributed by atoms with Crippen LogP contribution in [0.5, 0.6) is 0 Å². The molecule has 0 radical (unpaired) electrons. The van der Waals surface area contributed by atoms with Crippen LogP contribution < -0.4 is 0 Å². The zero-order valence-corrected chi connectivity index (χ0v) is 65.7. The van der Waals surface area contributed by atoms with Gasteiger partial charge in [0.15, 0.2) is 0 Å². The van der Waals surface area contributed by atoms with Gasteiger partial charge in [-0.05, 0) is 39.5 Å². The molecule has 0 fully saturated rings. The number of unbranched alkanes of at least 4 members (excludes halogenated alkanes) is 62. The van der Waals surface area contributed by atoms with Crippen LogP contribution in [-0.4, -0.2) is 50.3 Å². The number of ether oxygens (including phenoxy) is 4. The van der Waals surface area contributed by atoms with E-state index in [-0.39, 0.29) is 23.9 Å². The Morgan fingerprint density at radius 1 is 0.208 bits per heavy atom. The first-order valence-corrected chi connectivity index (χ1v) is 42.2. The minimum absolute atomic E-state index is 0.253. The fourth-order valence-electron chi connectivity index (χ4n) is 12.0. The molecule has 96 heavy (non-hydrogen) atoms. The van der Waals surface area contributed by atoms with Crippen LogP contribution in [0.3, 0.4) is 0 Å². The molecule has 568 valence electrons. The Hall–Kier alpha value is -3.16. The quantitative estimate of drug-likeness (QED) is 0.0257. The summed E-state index contributed by atoms with van der Waals surface area (Å²) in [7, 11) is 0. The van der Waals surface area contributed by atoms with Gasteiger partial charge in [-0.3, -0.25) is 0 Å². The number of carbonyl (C=O) groups is 4. The Bertz CT molecular complexity index is 1600. The van der Waals surface area contributed by atoms with Crippen LogP contribution in [0.4, 0.5) is 0 Å². The summed E-state index contributed by atoms with van der Waals surface area (Å²) < 4.78 is 20.1. The van der Waals surface area contributed by atoms with E-state index in [1.807, 2.05) is 0 Å². The molecule has 0 N–H and O–H groups in total. The average Bonchev–Trinajstić information content (AvgIpc) is 3.68. The molecule has 0 aliphatic rings. The van der Waals surface area contributed by atoms with Crippen molar-refractivity contribution in [2.75, 3.05) is 26.4 Å². The van der Waals surface area contributed by atoms with Crippen molar-refractivity contribution in [3.8, 4) is 0 Å². The Labute approximate surface area is 600 Å². The van der Waals surface area contributed by atoms with Gasteiger partial charge in [0, 0.05) is 23.3 Å². The van der Waals surface area contributed by atoms with E-state index in [1.54, 1.807) is 13.8 Å². The van der Waals surface area contributed by atoms with Crippen LogP contribution >= 0.6 is 0 Å². The SMILES string of the molecule is C=C(C)C(=O)OCCCCCCCCCCCCCCCCCC.C=C(C)C(=O)OCCCCCCCCCCCCCCCCCCC.C=CC(=O)OCCCCCCCCCCCCCCCCCC.C=CC(=O)OCCCCCCCCCCCCCCCCCCC. The van der Waals surface area contributed by atoms with Crippen LogP contribution in [0.1, 0.15) is 465 Å². The Morgan fingerprint density at radius 2 is 0.323 bits per heavy atom. The molecule has 0 saturated carbocycles. The lowest BCUT2D eigenvalue weighted by Crippen LogP contribution is -2.05. The molecule has 0 amide bonds. The fraction of sp³-hybridized carbons (Fsp3) is 0.864. The molecule has 8 nitrogen and oxygen atoms in total. The third-order valence-electron chi connectivity index (χ3n) is 18.5. The molecule has 0 aliphatic carbocycles. The van der Waals surface area contributed by atoms with Crippen molar-refractivity contribution in [1.29, 1.82) is 0 Å². The summed E-state index contributed by atoms with van der Waals surface area (Å²) in [4.78, 5) is 44.0. The van der Waals surface area contributed by atoms with Crippen LogP contribution in [0.2, 0.25) is 0 Å². The minimum atomic E-state index is -0.300. The van der Waals surface area contributed by atoms with E-state index in [0.29, 0.717) is 37.6 Å². The maximum Gasteiger partial charge on any atom is 0.333 e. The highest BCUT2D eigenvalue weighted by Crippen LogP contribution is 2.19. The number of rotatable bonds is 74. The smallest absolute Gasteiger partial charge is 0.333 e. The van der Waals surface area contributed by atoms with Gasteiger partial charge in [-0.15, -0.1) is 0 Å². The lowest BCUT2D eigenvalue weighted by atomic mass is 10.0. The van der Waals surface area contributed by atoms with Crippen LogP contribution in [-0.2, 0) is 38.1 Å². The van der Waals surface area contributed by atoms with Gasteiger partial charge in [0.25, 0.3) is 0 Å². The van der Waals surface area contributed by atoms with Crippen LogP contribution in [0, 0.1) is 0 Å². The van der Waals surface area contributed by atoms with Gasteiger partial charge in [-0.2, -0.15) is 0 Å². The number of carbonyl (C=O) groups excluding carboxylic acids is 4. The third kappa shape index (κ3) is 97.2. The summed E-state index contributed by atoms with van der Waals surface area (Å²) in [6.07, 6.45) is 92.4. The number of hydrogen-bond acceptors (Lipinski definition) is 8. The molecule has 0 heterocycles. The highest BCUT2D eigenvalue weighted by atomic mass is 16.5. The lowest BCUT2D eigenvalue weighted by molar-refractivity contribution is -0.139. The molecule has 0 aromatic carbocycles. The molecule has 0 atom stereocenters. The Kier molecular flexibility index (Phi) is 94.9. The molecule has 0 aromatic heterocycles. The first-order valence-electron chi connectivity index (χ1n) is 42.2. The summed E-state index contributed by atoms with van der Waals surface area (Å²) in [6, 6.07) is 0. The van der Waals surface area contributed by atoms with Gasteiger partial charge in [0.1, 0.15) is 0 Å². The second-order valence-electron chi connectivity index (χ2n) is 28.5. The summed E-state index contributed by atoms with van der Waals surface area (Å²) in [5.74, 6) is -1.11. The van der Waals surface area contributed by atoms with E-state index in [2.05, 4.69) is 54.0 Å². The molecular weight excluding hydrogens is 1180 g/mol. The molecule has 0 aromatic rings. The predicted molar refractivity (Wildman–Crippen MR) is 421 cm³/mol. The summed E-state index contributed by atoms with van der Waals surface area (Å²) in [6.45, 7) is 28.6. The highest BCUT2D eigenvalue weighted by molar-refractivity contribution is 5.87. The fourth-order valence-corrected chi connectivity index (χ4v) is 12.0. The zero-order chi connectivity index (χ0) is 71.2. The largest absolute Gasteiger partial charge is 0.463 e. The van der Waals surface area contributed by atoms with Crippen molar-refractivity contribution in [3.05, 3.63) is 49.6 Å². The third-order valence-corrected chi connectivity index (χ3v) is 18.5. The number of hydrogen-bond donors (Lipinski definition) is 0. The normalized spacial score (nSPS) is 10.7. The van der Waals surface area contributed by atoms with Crippen molar-refractivity contribution in [3.63, 3.8) is 0 Å². The first-order chi connectivity index (χ1) is 47.0. The molecule has 0 saturated heterocycles. The van der Waals surface area contributed by atoms with E-state index in [1.165, 1.54) is 410 Å². The molecule has 0 spiro atoms. The van der Waals surface area contributed by atoms with Crippen molar-refractivity contribution in [1.82, 2.24) is 0 Å².